The van der Waals surface area contributed by atoms with E-state index in [0.717, 1.165) is 17.5 Å². The van der Waals surface area contributed by atoms with Gasteiger partial charge in [0.2, 0.25) is 11.8 Å². The molecule has 6 heteroatoms. The minimum atomic E-state index is -0.342. The molecular weight excluding hydrogens is 386 g/mol. The number of halogens is 1. The van der Waals surface area contributed by atoms with E-state index in [4.69, 9.17) is 11.6 Å². The first-order valence-electron chi connectivity index (χ1n) is 9.82. The SMILES string of the molecule is Cc1ccc2[nH]cc(CCN3C[C@@H](C(=O)Nc4cc(Cl)ccc4C)CC3=O)c2c1. The highest BCUT2D eigenvalue weighted by Gasteiger charge is 2.34. The third-order valence-electron chi connectivity index (χ3n) is 5.62. The predicted molar refractivity (Wildman–Crippen MR) is 116 cm³/mol. The molecule has 1 saturated heterocycles. The van der Waals surface area contributed by atoms with Gasteiger partial charge in [-0.3, -0.25) is 9.59 Å². The first-order valence-corrected chi connectivity index (χ1v) is 10.2. The zero-order chi connectivity index (χ0) is 20.5. The maximum absolute atomic E-state index is 12.7. The number of hydrogen-bond donors (Lipinski definition) is 2. The van der Waals surface area contributed by atoms with Gasteiger partial charge in [0.1, 0.15) is 0 Å². The highest BCUT2D eigenvalue weighted by atomic mass is 35.5. The van der Waals surface area contributed by atoms with Crippen molar-refractivity contribution in [2.45, 2.75) is 26.7 Å². The molecule has 1 aliphatic rings. The van der Waals surface area contributed by atoms with Crippen molar-refractivity contribution in [1.82, 2.24) is 9.88 Å². The van der Waals surface area contributed by atoms with Crippen LogP contribution in [0.4, 0.5) is 5.69 Å². The maximum atomic E-state index is 12.7. The molecule has 29 heavy (non-hydrogen) atoms. The number of nitrogens with zero attached hydrogens (tertiary/aromatic N) is 1. The molecule has 150 valence electrons. The van der Waals surface area contributed by atoms with E-state index < -0.39 is 0 Å². The van der Waals surface area contributed by atoms with Crippen LogP contribution in [0.25, 0.3) is 10.9 Å². The summed E-state index contributed by atoms with van der Waals surface area (Å²) < 4.78 is 0. The first-order chi connectivity index (χ1) is 13.9. The first kappa shape index (κ1) is 19.5. The molecule has 1 atom stereocenters. The Labute approximate surface area is 175 Å². The van der Waals surface area contributed by atoms with E-state index in [0.29, 0.717) is 23.8 Å². The Morgan fingerprint density at radius 2 is 2.07 bits per heavy atom. The number of carbonyl (C=O) groups excluding carboxylic acids is 2. The number of benzene rings is 2. The fourth-order valence-electron chi connectivity index (χ4n) is 3.88. The molecule has 2 heterocycles. The highest BCUT2D eigenvalue weighted by Crippen LogP contribution is 2.25. The molecule has 4 rings (SSSR count). The van der Waals surface area contributed by atoms with Crippen LogP contribution in [-0.4, -0.2) is 34.8 Å². The standard InChI is InChI=1S/C23H24ClN3O2/c1-14-3-6-20-19(9-14)16(12-25-20)7-8-27-13-17(10-22(27)28)23(29)26-21-11-18(24)5-4-15(21)2/h3-6,9,11-12,17,25H,7-8,10,13H2,1-2H3,(H,26,29)/t17-/m0/s1. The van der Waals surface area contributed by atoms with Crippen LogP contribution in [0, 0.1) is 19.8 Å². The second-order valence-corrected chi connectivity index (χ2v) is 8.24. The maximum Gasteiger partial charge on any atom is 0.229 e. The number of nitrogens with one attached hydrogen (secondary N) is 2. The van der Waals surface area contributed by atoms with Crippen molar-refractivity contribution in [2.75, 3.05) is 18.4 Å². The Bertz CT molecular complexity index is 1090. The minimum Gasteiger partial charge on any atom is -0.361 e. The number of H-pyrrole nitrogens is 1. The number of aryl methyl sites for hydroxylation is 2. The second-order valence-electron chi connectivity index (χ2n) is 7.80. The topological polar surface area (TPSA) is 65.2 Å². The number of hydrogen-bond acceptors (Lipinski definition) is 2. The molecular formula is C23H24ClN3O2. The van der Waals surface area contributed by atoms with E-state index in [2.05, 4.69) is 35.4 Å². The Morgan fingerprint density at radius 1 is 1.24 bits per heavy atom. The number of fused-ring (bicyclic) bond motifs is 1. The predicted octanol–water partition coefficient (Wildman–Crippen LogP) is 4.47. The van der Waals surface area contributed by atoms with E-state index in [1.54, 1.807) is 17.0 Å². The average molecular weight is 410 g/mol. The third-order valence-corrected chi connectivity index (χ3v) is 5.85. The lowest BCUT2D eigenvalue weighted by Gasteiger charge is -2.17. The van der Waals surface area contributed by atoms with Gasteiger partial charge in [0.25, 0.3) is 0 Å². The van der Waals surface area contributed by atoms with E-state index in [-0.39, 0.29) is 24.2 Å². The van der Waals surface area contributed by atoms with E-state index in [1.165, 1.54) is 16.5 Å². The second kappa shape index (κ2) is 7.91. The van der Waals surface area contributed by atoms with Crippen LogP contribution in [0.15, 0.2) is 42.6 Å². The van der Waals surface area contributed by atoms with Crippen molar-refractivity contribution in [2.24, 2.45) is 5.92 Å². The van der Waals surface area contributed by atoms with Gasteiger partial charge in [-0.2, -0.15) is 0 Å². The summed E-state index contributed by atoms with van der Waals surface area (Å²) in [5.74, 6) is -0.441. The summed E-state index contributed by atoms with van der Waals surface area (Å²) in [5, 5.41) is 4.70. The van der Waals surface area contributed by atoms with Gasteiger partial charge in [-0.15, -0.1) is 0 Å². The largest absolute Gasteiger partial charge is 0.361 e. The molecule has 1 aromatic heterocycles. The van der Waals surface area contributed by atoms with Crippen LogP contribution in [-0.2, 0) is 16.0 Å². The summed E-state index contributed by atoms with van der Waals surface area (Å²) in [6.07, 6.45) is 3.02. The summed E-state index contributed by atoms with van der Waals surface area (Å²) >= 11 is 6.03. The molecule has 0 unspecified atom stereocenters. The fourth-order valence-corrected chi connectivity index (χ4v) is 4.05. The van der Waals surface area contributed by atoms with Crippen molar-refractivity contribution in [1.29, 1.82) is 0 Å². The van der Waals surface area contributed by atoms with Gasteiger partial charge in [0, 0.05) is 47.3 Å². The van der Waals surface area contributed by atoms with Gasteiger partial charge in [0.15, 0.2) is 0 Å². The van der Waals surface area contributed by atoms with Crippen molar-refractivity contribution in [3.63, 3.8) is 0 Å². The van der Waals surface area contributed by atoms with E-state index in [1.807, 2.05) is 19.2 Å². The summed E-state index contributed by atoms with van der Waals surface area (Å²) in [4.78, 5) is 30.2. The van der Waals surface area contributed by atoms with E-state index >= 15 is 0 Å². The van der Waals surface area contributed by atoms with Crippen molar-refractivity contribution >= 4 is 40.0 Å². The molecule has 0 saturated carbocycles. The number of amides is 2. The number of rotatable bonds is 5. The Hall–Kier alpha value is -2.79. The molecule has 2 amide bonds. The third kappa shape index (κ3) is 4.15. The molecule has 2 N–H and O–H groups in total. The van der Waals surface area contributed by atoms with Gasteiger partial charge in [0.05, 0.1) is 5.92 Å². The molecule has 1 aliphatic heterocycles. The van der Waals surface area contributed by atoms with Gasteiger partial charge in [-0.05, 0) is 55.7 Å². The lowest BCUT2D eigenvalue weighted by Crippen LogP contribution is -2.30. The smallest absolute Gasteiger partial charge is 0.229 e. The lowest BCUT2D eigenvalue weighted by molar-refractivity contribution is -0.128. The normalized spacial score (nSPS) is 16.6. The number of aromatic nitrogens is 1. The Morgan fingerprint density at radius 3 is 2.90 bits per heavy atom. The summed E-state index contributed by atoms with van der Waals surface area (Å²) in [7, 11) is 0. The zero-order valence-electron chi connectivity index (χ0n) is 16.6. The molecule has 5 nitrogen and oxygen atoms in total. The summed E-state index contributed by atoms with van der Waals surface area (Å²) in [6.45, 7) is 5.05. The van der Waals surface area contributed by atoms with Crippen molar-refractivity contribution in [3.8, 4) is 0 Å². The van der Waals surface area contributed by atoms with Crippen LogP contribution in [0.3, 0.4) is 0 Å². The molecule has 2 aromatic carbocycles. The number of likely N-dealkylation sites (tertiary alicyclic amines) is 1. The van der Waals surface area contributed by atoms with Crippen LogP contribution in [0.1, 0.15) is 23.1 Å². The number of carbonyl (C=O) groups is 2. The number of anilines is 1. The van der Waals surface area contributed by atoms with Gasteiger partial charge >= 0.3 is 0 Å². The Kier molecular flexibility index (Phi) is 5.33. The molecule has 3 aromatic rings. The van der Waals surface area contributed by atoms with Gasteiger partial charge in [-0.25, -0.2) is 0 Å². The molecule has 0 bridgehead atoms. The van der Waals surface area contributed by atoms with Crippen molar-refractivity contribution in [3.05, 3.63) is 64.3 Å². The van der Waals surface area contributed by atoms with E-state index in [9.17, 15) is 9.59 Å². The fraction of sp³-hybridized carbons (Fsp3) is 0.304. The van der Waals surface area contributed by atoms with Crippen LogP contribution in [0.5, 0.6) is 0 Å². The van der Waals surface area contributed by atoms with Gasteiger partial charge in [-0.1, -0.05) is 29.3 Å². The monoisotopic (exact) mass is 409 g/mol. The molecule has 1 fully saturated rings. The van der Waals surface area contributed by atoms with Crippen LogP contribution >= 0.6 is 11.6 Å². The van der Waals surface area contributed by atoms with Crippen molar-refractivity contribution < 1.29 is 9.59 Å². The zero-order valence-corrected chi connectivity index (χ0v) is 17.3. The van der Waals surface area contributed by atoms with Gasteiger partial charge < -0.3 is 15.2 Å². The highest BCUT2D eigenvalue weighted by molar-refractivity contribution is 6.31. The number of aromatic amines is 1. The quantitative estimate of drug-likeness (QED) is 0.653. The Balaban J connectivity index is 1.39. The summed E-state index contributed by atoms with van der Waals surface area (Å²) in [5.41, 5.74) is 5.15. The molecule has 0 radical (unpaired) electrons. The lowest BCUT2D eigenvalue weighted by atomic mass is 10.1. The molecule has 0 aliphatic carbocycles. The van der Waals surface area contributed by atoms with Crippen LogP contribution < -0.4 is 5.32 Å². The minimum absolute atomic E-state index is 0.0315. The molecule has 0 spiro atoms. The van der Waals surface area contributed by atoms with Crippen LogP contribution in [0.2, 0.25) is 5.02 Å². The summed E-state index contributed by atoms with van der Waals surface area (Å²) in [6, 6.07) is 11.7. The average Bonchev–Trinajstić information content (AvgIpc) is 3.26.